The molecule has 2 aromatic carbocycles. The fraction of sp³-hybridized carbons (Fsp3) is 0.167. The summed E-state index contributed by atoms with van der Waals surface area (Å²) in [6, 6.07) is 14.8. The Hall–Kier alpha value is -3.74. The Morgan fingerprint density at radius 2 is 1.77 bits per heavy atom. The molecule has 1 atom stereocenters. The summed E-state index contributed by atoms with van der Waals surface area (Å²) in [5.74, 6) is -0.468. The van der Waals surface area contributed by atoms with Crippen molar-refractivity contribution >= 4 is 23.1 Å². The van der Waals surface area contributed by atoms with Crippen LogP contribution < -0.4 is 5.73 Å². The van der Waals surface area contributed by atoms with Gasteiger partial charge in [-0.15, -0.1) is 0 Å². The molecule has 0 saturated heterocycles. The van der Waals surface area contributed by atoms with E-state index < -0.39 is 11.6 Å². The lowest BCUT2D eigenvalue weighted by Gasteiger charge is -2.19. The summed E-state index contributed by atoms with van der Waals surface area (Å²) in [6.45, 7) is 2.00. The number of fused-ring (bicyclic) bond motifs is 1. The van der Waals surface area contributed by atoms with E-state index in [-0.39, 0.29) is 23.4 Å². The number of ketones is 1. The number of hydrogen-bond donors (Lipinski definition) is 1. The highest BCUT2D eigenvalue weighted by atomic mass is 19.1. The summed E-state index contributed by atoms with van der Waals surface area (Å²) >= 11 is 0. The number of aliphatic imine (C=N–C) groups is 2. The zero-order chi connectivity index (χ0) is 22.0. The quantitative estimate of drug-likeness (QED) is 0.498. The summed E-state index contributed by atoms with van der Waals surface area (Å²) in [6.07, 6.45) is 1.15. The molecule has 7 heteroatoms. The standard InChI is InChI=1S/C24H20F2N4O/c1-14-10-21-19(22(31)11-14)8-9-20(29-21)24(28-18-7-3-6-17(26)13-18)30-23(27)15-4-2-5-16(25)12-15/h2-9,12-14H,10-11H2,1H3,(H2,27,28,30). The molecule has 156 valence electrons. The predicted molar refractivity (Wildman–Crippen MR) is 116 cm³/mol. The van der Waals surface area contributed by atoms with Crippen molar-refractivity contribution in [1.82, 2.24) is 4.98 Å². The lowest BCUT2D eigenvalue weighted by molar-refractivity contribution is 0.0952. The van der Waals surface area contributed by atoms with E-state index in [9.17, 15) is 13.6 Å². The second-order valence-corrected chi connectivity index (χ2v) is 7.55. The Labute approximate surface area is 178 Å². The van der Waals surface area contributed by atoms with Crippen molar-refractivity contribution in [3.8, 4) is 0 Å². The highest BCUT2D eigenvalue weighted by Gasteiger charge is 2.24. The van der Waals surface area contributed by atoms with Crippen molar-refractivity contribution in [1.29, 1.82) is 0 Å². The van der Waals surface area contributed by atoms with Crippen LogP contribution in [0.25, 0.3) is 0 Å². The van der Waals surface area contributed by atoms with E-state index in [4.69, 9.17) is 5.73 Å². The zero-order valence-electron chi connectivity index (χ0n) is 16.8. The predicted octanol–water partition coefficient (Wildman–Crippen LogP) is 4.61. The fourth-order valence-electron chi connectivity index (χ4n) is 3.50. The van der Waals surface area contributed by atoms with Crippen molar-refractivity contribution in [3.05, 3.63) is 94.8 Å². The third kappa shape index (κ3) is 4.71. The Bertz CT molecular complexity index is 1220. The number of nitrogens with two attached hydrogens (primary N) is 1. The number of pyridine rings is 1. The first-order valence-corrected chi connectivity index (χ1v) is 9.87. The molecule has 0 radical (unpaired) electrons. The Kier molecular flexibility index (Phi) is 5.66. The van der Waals surface area contributed by atoms with Gasteiger partial charge in [-0.05, 0) is 54.8 Å². The zero-order valence-corrected chi connectivity index (χ0v) is 16.8. The molecule has 0 fully saturated rings. The third-order valence-corrected chi connectivity index (χ3v) is 4.97. The van der Waals surface area contributed by atoms with Crippen molar-refractivity contribution < 1.29 is 13.6 Å². The van der Waals surface area contributed by atoms with Gasteiger partial charge >= 0.3 is 0 Å². The third-order valence-electron chi connectivity index (χ3n) is 4.97. The first kappa shape index (κ1) is 20.5. The molecule has 3 aromatic rings. The molecule has 0 saturated carbocycles. The molecular weight excluding hydrogens is 398 g/mol. The number of benzene rings is 2. The van der Waals surface area contributed by atoms with Crippen LogP contribution in [0, 0.1) is 17.6 Å². The second-order valence-electron chi connectivity index (χ2n) is 7.55. The van der Waals surface area contributed by atoms with E-state index in [2.05, 4.69) is 15.0 Å². The average Bonchev–Trinajstić information content (AvgIpc) is 2.72. The second kappa shape index (κ2) is 8.55. The number of amidine groups is 2. The monoisotopic (exact) mass is 418 g/mol. The maximum Gasteiger partial charge on any atom is 0.180 e. The maximum atomic E-state index is 13.7. The number of halogens is 2. The van der Waals surface area contributed by atoms with Gasteiger partial charge in [0, 0.05) is 17.5 Å². The van der Waals surface area contributed by atoms with Crippen LogP contribution in [-0.2, 0) is 6.42 Å². The normalized spacial score (nSPS) is 16.9. The van der Waals surface area contributed by atoms with Gasteiger partial charge in [-0.3, -0.25) is 4.79 Å². The number of Topliss-reactive ketones (excluding diaryl/α,β-unsaturated/α-hetero) is 1. The highest BCUT2D eigenvalue weighted by Crippen LogP contribution is 2.25. The van der Waals surface area contributed by atoms with E-state index in [1.54, 1.807) is 24.3 Å². The number of rotatable bonds is 3. The SMILES string of the molecule is CC1CC(=O)c2ccc(C(N=C(N)c3cccc(F)c3)=Nc3cccc(F)c3)nc2C1. The topological polar surface area (TPSA) is 80.7 Å². The van der Waals surface area contributed by atoms with Crippen LogP contribution >= 0.6 is 0 Å². The molecule has 2 N–H and O–H groups in total. The summed E-state index contributed by atoms with van der Waals surface area (Å²) in [5, 5.41) is 0. The van der Waals surface area contributed by atoms with Gasteiger partial charge in [-0.2, -0.15) is 0 Å². The van der Waals surface area contributed by atoms with Gasteiger partial charge in [0.15, 0.2) is 11.6 Å². The van der Waals surface area contributed by atoms with Crippen LogP contribution in [0.1, 0.15) is 40.7 Å². The molecule has 1 unspecified atom stereocenters. The smallest absolute Gasteiger partial charge is 0.180 e. The minimum atomic E-state index is -0.446. The van der Waals surface area contributed by atoms with Gasteiger partial charge in [0.05, 0.1) is 11.4 Å². The van der Waals surface area contributed by atoms with Crippen LogP contribution in [-0.4, -0.2) is 22.4 Å². The number of nitrogens with zero attached hydrogens (tertiary/aromatic N) is 3. The lowest BCUT2D eigenvalue weighted by Crippen LogP contribution is -2.21. The Morgan fingerprint density at radius 3 is 2.52 bits per heavy atom. The van der Waals surface area contributed by atoms with Gasteiger partial charge < -0.3 is 5.73 Å². The van der Waals surface area contributed by atoms with Crippen LogP contribution in [0.4, 0.5) is 14.5 Å². The van der Waals surface area contributed by atoms with Crippen LogP contribution in [0.2, 0.25) is 0 Å². The number of carbonyl (C=O) groups excluding carboxylic acids is 1. The van der Waals surface area contributed by atoms with Crippen LogP contribution in [0.3, 0.4) is 0 Å². The molecule has 0 bridgehead atoms. The van der Waals surface area contributed by atoms with Gasteiger partial charge in [0.1, 0.15) is 23.2 Å². The largest absolute Gasteiger partial charge is 0.383 e. The molecule has 0 aliphatic heterocycles. The van der Waals surface area contributed by atoms with Crippen molar-refractivity contribution in [3.63, 3.8) is 0 Å². The Balaban J connectivity index is 1.82. The van der Waals surface area contributed by atoms with Gasteiger partial charge in [-0.1, -0.05) is 25.1 Å². The number of hydrogen-bond acceptors (Lipinski definition) is 3. The molecule has 0 amide bonds. The summed E-state index contributed by atoms with van der Waals surface area (Å²) < 4.78 is 27.3. The first-order valence-electron chi connectivity index (χ1n) is 9.87. The van der Waals surface area contributed by atoms with E-state index in [1.807, 2.05) is 6.92 Å². The summed E-state index contributed by atoms with van der Waals surface area (Å²) in [5.41, 5.74) is 8.48. The van der Waals surface area contributed by atoms with E-state index in [1.165, 1.54) is 36.4 Å². The van der Waals surface area contributed by atoms with E-state index in [0.29, 0.717) is 41.0 Å². The lowest BCUT2D eigenvalue weighted by atomic mass is 9.87. The number of aromatic nitrogens is 1. The van der Waals surface area contributed by atoms with Gasteiger partial charge in [0.2, 0.25) is 0 Å². The van der Waals surface area contributed by atoms with Crippen molar-refractivity contribution in [2.24, 2.45) is 21.6 Å². The van der Waals surface area contributed by atoms with Gasteiger partial charge in [-0.25, -0.2) is 23.7 Å². The average molecular weight is 418 g/mol. The highest BCUT2D eigenvalue weighted by molar-refractivity contribution is 6.11. The summed E-state index contributed by atoms with van der Waals surface area (Å²) in [4.78, 5) is 25.7. The minimum absolute atomic E-state index is 0.0404. The first-order chi connectivity index (χ1) is 14.9. The van der Waals surface area contributed by atoms with E-state index >= 15 is 0 Å². The number of carbonyl (C=O) groups is 1. The molecule has 0 spiro atoms. The molecular formula is C24H20F2N4O. The molecule has 4 rings (SSSR count). The maximum absolute atomic E-state index is 13.7. The molecule has 5 nitrogen and oxygen atoms in total. The van der Waals surface area contributed by atoms with E-state index in [0.717, 1.165) is 0 Å². The van der Waals surface area contributed by atoms with Crippen molar-refractivity contribution in [2.75, 3.05) is 0 Å². The minimum Gasteiger partial charge on any atom is -0.383 e. The van der Waals surface area contributed by atoms with Crippen molar-refractivity contribution in [2.45, 2.75) is 19.8 Å². The molecule has 1 aliphatic rings. The molecule has 1 heterocycles. The molecule has 1 aliphatic carbocycles. The van der Waals surface area contributed by atoms with Crippen LogP contribution in [0.5, 0.6) is 0 Å². The van der Waals surface area contributed by atoms with Gasteiger partial charge in [0.25, 0.3) is 0 Å². The fourth-order valence-corrected chi connectivity index (χ4v) is 3.50. The van der Waals surface area contributed by atoms with Crippen LogP contribution in [0.15, 0.2) is 70.6 Å². The molecule has 1 aromatic heterocycles. The summed E-state index contributed by atoms with van der Waals surface area (Å²) in [7, 11) is 0. The molecule has 31 heavy (non-hydrogen) atoms. The Morgan fingerprint density at radius 1 is 1.03 bits per heavy atom.